The normalized spacial score (nSPS) is 17.8. The van der Waals surface area contributed by atoms with Gasteiger partial charge in [-0.1, -0.05) is 79.2 Å². The van der Waals surface area contributed by atoms with Crippen LogP contribution in [0.2, 0.25) is 10.0 Å². The van der Waals surface area contributed by atoms with Gasteiger partial charge < -0.3 is 18.8 Å². The van der Waals surface area contributed by atoms with Gasteiger partial charge in [0.15, 0.2) is 0 Å². The molecule has 1 aliphatic carbocycles. The van der Waals surface area contributed by atoms with E-state index in [2.05, 4.69) is 27.2 Å². The highest BCUT2D eigenvalue weighted by Crippen LogP contribution is 2.44. The number of benzene rings is 2. The maximum atomic E-state index is 13.1. The number of carbonyl (C=O) groups excluding carboxylic acids is 2. The molecule has 1 aliphatic rings. The third-order valence-corrected chi connectivity index (χ3v) is 9.77. The number of nitrogens with zero attached hydrogens (tertiary/aromatic N) is 1. The summed E-state index contributed by atoms with van der Waals surface area (Å²) in [7, 11) is -1.15. The van der Waals surface area contributed by atoms with Crippen molar-refractivity contribution < 1.29 is 28.1 Å². The minimum atomic E-state index is -4.14. The second-order valence-corrected chi connectivity index (χ2v) is 13.4. The zero-order valence-electron chi connectivity index (χ0n) is 24.7. The Bertz CT molecular complexity index is 1230. The van der Waals surface area contributed by atoms with Crippen LogP contribution in [0.4, 0.5) is 0 Å². The lowest BCUT2D eigenvalue weighted by Crippen LogP contribution is -2.34. The molecule has 0 N–H and O–H groups in total. The largest absolute Gasteiger partial charge is 0.756 e. The highest BCUT2D eigenvalue weighted by molar-refractivity contribution is 7.45. The summed E-state index contributed by atoms with van der Waals surface area (Å²) in [6.45, 7) is 0.106. The molecule has 3 rings (SSSR count). The van der Waals surface area contributed by atoms with E-state index in [-0.39, 0.29) is 30.3 Å². The first-order chi connectivity index (χ1) is 20.1. The van der Waals surface area contributed by atoms with Crippen LogP contribution >= 0.6 is 31.0 Å². The summed E-state index contributed by atoms with van der Waals surface area (Å²) in [6, 6.07) is 14.3. The third-order valence-electron chi connectivity index (χ3n) is 8.09. The molecule has 0 fully saturated rings. The number of carbonyl (C=O) groups is 2. The highest BCUT2D eigenvalue weighted by atomic mass is 35.5. The first-order valence-electron chi connectivity index (χ1n) is 15.0. The second-order valence-electron chi connectivity index (χ2n) is 11.0. The maximum absolute atomic E-state index is 13.1. The second kappa shape index (κ2) is 17.5. The van der Waals surface area contributed by atoms with Crippen molar-refractivity contribution in [1.29, 1.82) is 0 Å². The Hall–Kier alpha value is -1.73. The van der Waals surface area contributed by atoms with Crippen LogP contribution in [0.15, 0.2) is 42.5 Å². The lowest BCUT2D eigenvalue weighted by Gasteiger charge is -2.37. The average molecular weight is 640 g/mol. The molecule has 2 aromatic rings. The van der Waals surface area contributed by atoms with E-state index in [4.69, 9.17) is 23.2 Å². The standard InChI is InChI=1S/C32H44Cl2NO6P/c1-35(31-21-19-26(27-15-10-11-16-28(27)31)24-18-20-29(33)30(34)23-24)32(37)17-9-4-3-7-13-25(36)14-8-5-6-12-22-41-42(38,39)40-2/h10-11,15-16,18,20,23,26,31H,3-9,12-14,17,19,21-22H2,1-2H3,(H,38,39)/p-1/t26-,31-/m0/s1. The van der Waals surface area contributed by atoms with Crippen molar-refractivity contribution in [2.24, 2.45) is 0 Å². The van der Waals surface area contributed by atoms with Crippen LogP contribution in [-0.2, 0) is 23.2 Å². The summed E-state index contributed by atoms with van der Waals surface area (Å²) in [4.78, 5) is 38.3. The number of fused-ring (bicyclic) bond motifs is 1. The van der Waals surface area contributed by atoms with Crippen LogP contribution < -0.4 is 4.89 Å². The summed E-state index contributed by atoms with van der Waals surface area (Å²) >= 11 is 12.4. The molecule has 42 heavy (non-hydrogen) atoms. The van der Waals surface area contributed by atoms with Gasteiger partial charge in [0.1, 0.15) is 5.78 Å². The summed E-state index contributed by atoms with van der Waals surface area (Å²) in [5, 5.41) is 1.11. The highest BCUT2D eigenvalue weighted by Gasteiger charge is 2.32. The van der Waals surface area contributed by atoms with Gasteiger partial charge in [0, 0.05) is 39.3 Å². The summed E-state index contributed by atoms with van der Waals surface area (Å²) in [6.07, 6.45) is 10.1. The van der Waals surface area contributed by atoms with Gasteiger partial charge in [-0.25, -0.2) is 0 Å². The first kappa shape index (κ1) is 34.8. The molecule has 0 heterocycles. The molecule has 0 saturated carbocycles. The first-order valence-corrected chi connectivity index (χ1v) is 17.2. The molecule has 0 radical (unpaired) electrons. The Balaban J connectivity index is 1.32. The van der Waals surface area contributed by atoms with Crippen molar-refractivity contribution in [2.75, 3.05) is 20.8 Å². The third kappa shape index (κ3) is 10.8. The molecule has 1 unspecified atom stereocenters. The molecule has 10 heteroatoms. The van der Waals surface area contributed by atoms with Gasteiger partial charge in [0.2, 0.25) is 5.91 Å². The van der Waals surface area contributed by atoms with Crippen LogP contribution in [0, 0.1) is 0 Å². The van der Waals surface area contributed by atoms with Crippen LogP contribution in [-0.4, -0.2) is 37.4 Å². The number of ketones is 1. The van der Waals surface area contributed by atoms with Crippen LogP contribution in [0.25, 0.3) is 0 Å². The Morgan fingerprint density at radius 1 is 0.881 bits per heavy atom. The van der Waals surface area contributed by atoms with Gasteiger partial charge in [-0.2, -0.15) is 0 Å². The predicted molar refractivity (Wildman–Crippen MR) is 166 cm³/mol. The molecule has 2 aromatic carbocycles. The summed E-state index contributed by atoms with van der Waals surface area (Å²) in [5.41, 5.74) is 3.58. The van der Waals surface area contributed by atoms with Crippen molar-refractivity contribution in [3.8, 4) is 0 Å². The van der Waals surface area contributed by atoms with E-state index in [1.54, 1.807) is 0 Å². The van der Waals surface area contributed by atoms with Crippen molar-refractivity contribution in [3.05, 3.63) is 69.2 Å². The van der Waals surface area contributed by atoms with E-state index in [1.165, 1.54) is 11.1 Å². The van der Waals surface area contributed by atoms with Crippen LogP contribution in [0.5, 0.6) is 0 Å². The molecule has 232 valence electrons. The van der Waals surface area contributed by atoms with Crippen LogP contribution in [0.3, 0.4) is 0 Å². The van der Waals surface area contributed by atoms with Gasteiger partial charge in [-0.15, -0.1) is 0 Å². The number of unbranched alkanes of at least 4 members (excludes halogenated alkanes) is 6. The number of Topliss-reactive ketones (excluding diaryl/α,β-unsaturated/α-hetero) is 1. The summed E-state index contributed by atoms with van der Waals surface area (Å²) < 4.78 is 20.0. The van der Waals surface area contributed by atoms with Gasteiger partial charge in [0.05, 0.1) is 22.7 Å². The zero-order chi connectivity index (χ0) is 30.5. The molecule has 7 nitrogen and oxygen atoms in total. The minimum Gasteiger partial charge on any atom is -0.756 e. The van der Waals surface area contributed by atoms with Crippen molar-refractivity contribution in [2.45, 2.75) is 95.4 Å². The van der Waals surface area contributed by atoms with E-state index >= 15 is 0 Å². The van der Waals surface area contributed by atoms with E-state index < -0.39 is 7.82 Å². The number of halogens is 2. The van der Waals surface area contributed by atoms with E-state index in [0.29, 0.717) is 35.7 Å². The molecule has 1 amide bonds. The number of amides is 1. The van der Waals surface area contributed by atoms with Crippen molar-refractivity contribution in [3.63, 3.8) is 0 Å². The molecular weight excluding hydrogens is 596 g/mol. The smallest absolute Gasteiger partial charge is 0.267 e. The molecule has 0 aliphatic heterocycles. The Kier molecular flexibility index (Phi) is 14.5. The molecule has 3 atom stereocenters. The zero-order valence-corrected chi connectivity index (χ0v) is 27.1. The Morgan fingerprint density at radius 2 is 1.50 bits per heavy atom. The summed E-state index contributed by atoms with van der Waals surface area (Å²) in [5.74, 6) is 0.644. The molecule has 0 bridgehead atoms. The van der Waals surface area contributed by atoms with Crippen molar-refractivity contribution in [1.82, 2.24) is 4.90 Å². The lowest BCUT2D eigenvalue weighted by molar-refractivity contribution is -0.223. The van der Waals surface area contributed by atoms with Gasteiger partial charge in [-0.05, 0) is 67.3 Å². The fourth-order valence-corrected chi connectivity index (χ4v) is 6.44. The van der Waals surface area contributed by atoms with E-state index in [1.807, 2.05) is 36.2 Å². The number of hydrogen-bond donors (Lipinski definition) is 0. The fraction of sp³-hybridized carbons (Fsp3) is 0.562. The van der Waals surface area contributed by atoms with E-state index in [0.717, 1.165) is 70.5 Å². The predicted octanol–water partition coefficient (Wildman–Crippen LogP) is 8.41. The Morgan fingerprint density at radius 3 is 2.14 bits per heavy atom. The molecule has 0 spiro atoms. The van der Waals surface area contributed by atoms with Crippen molar-refractivity contribution >= 4 is 42.7 Å². The van der Waals surface area contributed by atoms with E-state index in [9.17, 15) is 19.0 Å². The number of phosphoric acid groups is 1. The minimum absolute atomic E-state index is 0.0524. The van der Waals surface area contributed by atoms with Gasteiger partial charge >= 0.3 is 0 Å². The maximum Gasteiger partial charge on any atom is 0.267 e. The van der Waals surface area contributed by atoms with Gasteiger partial charge in [-0.3, -0.25) is 14.2 Å². The fourth-order valence-electron chi connectivity index (χ4n) is 5.68. The SMILES string of the molecule is COP(=O)([O-])OCCCCCCC(=O)CCCCCCC(=O)N(C)[C@H]1CC[C@@H](c2ccc(Cl)c(Cl)c2)c2ccccc21. The topological polar surface area (TPSA) is 96.0 Å². The number of rotatable bonds is 18. The quantitative estimate of drug-likeness (QED) is 0.120. The molecular formula is C32H43Cl2NO6P-. The molecule has 0 saturated heterocycles. The monoisotopic (exact) mass is 638 g/mol. The van der Waals surface area contributed by atoms with Gasteiger partial charge in [0.25, 0.3) is 7.82 Å². The lowest BCUT2D eigenvalue weighted by atomic mass is 9.76. The Labute approximate surface area is 260 Å². The number of phosphoric ester groups is 1. The average Bonchev–Trinajstić information content (AvgIpc) is 2.98. The molecule has 0 aromatic heterocycles. The number of hydrogen-bond acceptors (Lipinski definition) is 6. The van der Waals surface area contributed by atoms with Crippen LogP contribution in [0.1, 0.15) is 112 Å².